The summed E-state index contributed by atoms with van der Waals surface area (Å²) in [6.07, 6.45) is 1.30. The Bertz CT molecular complexity index is 572. The van der Waals surface area contributed by atoms with Gasteiger partial charge in [-0.25, -0.2) is 4.79 Å². The van der Waals surface area contributed by atoms with Gasteiger partial charge in [0.15, 0.2) is 0 Å². The van der Waals surface area contributed by atoms with Crippen LogP contribution in [0.15, 0.2) is 12.1 Å². The molecule has 2 N–H and O–H groups in total. The van der Waals surface area contributed by atoms with Crippen molar-refractivity contribution in [3.63, 3.8) is 0 Å². The summed E-state index contributed by atoms with van der Waals surface area (Å²) in [4.78, 5) is 13.9. The van der Waals surface area contributed by atoms with Crippen LogP contribution in [0.2, 0.25) is 0 Å². The number of hydrogen-bond donors (Lipinski definition) is 2. The second-order valence-electron chi connectivity index (χ2n) is 6.87. The van der Waals surface area contributed by atoms with Crippen molar-refractivity contribution in [3.8, 4) is 5.75 Å². The SMILES string of the molecule is Cc1cc(C)c(C)c(OCCCNC(=O)N2CC[C@@H]([C@@H](C)O)C2)c1. The number of hydrogen-bond acceptors (Lipinski definition) is 3. The van der Waals surface area contributed by atoms with Crippen molar-refractivity contribution in [2.24, 2.45) is 5.92 Å². The van der Waals surface area contributed by atoms with E-state index in [1.165, 1.54) is 16.7 Å². The van der Waals surface area contributed by atoms with E-state index in [1.807, 2.05) is 0 Å². The van der Waals surface area contributed by atoms with E-state index in [4.69, 9.17) is 4.74 Å². The zero-order valence-corrected chi connectivity index (χ0v) is 15.3. The first-order valence-electron chi connectivity index (χ1n) is 8.80. The number of nitrogens with zero attached hydrogens (tertiary/aromatic N) is 1. The summed E-state index contributed by atoms with van der Waals surface area (Å²) in [5.41, 5.74) is 3.61. The molecule has 134 valence electrons. The molecule has 0 saturated carbocycles. The van der Waals surface area contributed by atoms with E-state index in [9.17, 15) is 9.90 Å². The number of carbonyl (C=O) groups is 1. The van der Waals surface area contributed by atoms with Crippen LogP contribution in [0, 0.1) is 26.7 Å². The van der Waals surface area contributed by atoms with Gasteiger partial charge in [0.1, 0.15) is 5.75 Å². The smallest absolute Gasteiger partial charge is 0.317 e. The Morgan fingerprint density at radius 3 is 2.83 bits per heavy atom. The van der Waals surface area contributed by atoms with E-state index in [1.54, 1.807) is 11.8 Å². The van der Waals surface area contributed by atoms with E-state index in [0.717, 1.165) is 25.1 Å². The molecule has 1 aromatic carbocycles. The lowest BCUT2D eigenvalue weighted by Crippen LogP contribution is -2.39. The van der Waals surface area contributed by atoms with Crippen LogP contribution < -0.4 is 10.1 Å². The number of rotatable bonds is 6. The van der Waals surface area contributed by atoms with Gasteiger partial charge in [0.25, 0.3) is 0 Å². The minimum absolute atomic E-state index is 0.0410. The van der Waals surface area contributed by atoms with E-state index in [0.29, 0.717) is 19.7 Å². The highest BCUT2D eigenvalue weighted by Gasteiger charge is 2.28. The number of nitrogens with one attached hydrogen (secondary N) is 1. The molecule has 1 saturated heterocycles. The number of ether oxygens (including phenoxy) is 1. The van der Waals surface area contributed by atoms with Gasteiger partial charge in [-0.05, 0) is 63.3 Å². The number of amides is 2. The van der Waals surface area contributed by atoms with Gasteiger partial charge in [-0.2, -0.15) is 0 Å². The van der Waals surface area contributed by atoms with E-state index in [-0.39, 0.29) is 18.1 Å². The topological polar surface area (TPSA) is 61.8 Å². The lowest BCUT2D eigenvalue weighted by molar-refractivity contribution is 0.129. The average molecular weight is 334 g/mol. The summed E-state index contributed by atoms with van der Waals surface area (Å²) in [5.74, 6) is 1.13. The fourth-order valence-corrected chi connectivity index (χ4v) is 3.08. The van der Waals surface area contributed by atoms with Gasteiger partial charge in [-0.15, -0.1) is 0 Å². The van der Waals surface area contributed by atoms with Gasteiger partial charge in [-0.1, -0.05) is 6.07 Å². The molecule has 0 bridgehead atoms. The molecule has 0 unspecified atom stereocenters. The molecular formula is C19H30N2O3. The Balaban J connectivity index is 1.68. The Labute approximate surface area is 145 Å². The Kier molecular flexibility index (Phi) is 6.49. The van der Waals surface area contributed by atoms with Gasteiger partial charge in [0, 0.05) is 25.6 Å². The number of benzene rings is 1. The molecule has 0 radical (unpaired) electrons. The van der Waals surface area contributed by atoms with Gasteiger partial charge in [0.05, 0.1) is 12.7 Å². The molecule has 1 aliphatic rings. The second-order valence-corrected chi connectivity index (χ2v) is 6.87. The maximum atomic E-state index is 12.1. The van der Waals surface area contributed by atoms with Crippen LogP contribution in [0.1, 0.15) is 36.5 Å². The lowest BCUT2D eigenvalue weighted by atomic mass is 10.0. The number of aliphatic hydroxyl groups is 1. The molecule has 0 aromatic heterocycles. The molecule has 0 spiro atoms. The van der Waals surface area contributed by atoms with Crippen LogP contribution in [-0.4, -0.2) is 48.4 Å². The fourth-order valence-electron chi connectivity index (χ4n) is 3.08. The van der Waals surface area contributed by atoms with E-state index in [2.05, 4.69) is 38.2 Å². The normalized spacial score (nSPS) is 18.5. The van der Waals surface area contributed by atoms with Crippen LogP contribution in [0.4, 0.5) is 4.79 Å². The Hall–Kier alpha value is -1.75. The minimum Gasteiger partial charge on any atom is -0.493 e. The van der Waals surface area contributed by atoms with Crippen molar-refractivity contribution in [1.82, 2.24) is 10.2 Å². The van der Waals surface area contributed by atoms with Crippen molar-refractivity contribution >= 4 is 6.03 Å². The fraction of sp³-hybridized carbons (Fsp3) is 0.632. The molecule has 1 aliphatic heterocycles. The largest absolute Gasteiger partial charge is 0.493 e. The highest BCUT2D eigenvalue weighted by Crippen LogP contribution is 2.23. The number of aryl methyl sites for hydroxylation is 2. The molecular weight excluding hydrogens is 304 g/mol. The first-order chi connectivity index (χ1) is 11.4. The molecule has 5 nitrogen and oxygen atoms in total. The van der Waals surface area contributed by atoms with Crippen LogP contribution in [-0.2, 0) is 0 Å². The third-order valence-electron chi connectivity index (χ3n) is 4.81. The maximum absolute atomic E-state index is 12.1. The third-order valence-corrected chi connectivity index (χ3v) is 4.81. The minimum atomic E-state index is -0.350. The lowest BCUT2D eigenvalue weighted by Gasteiger charge is -2.18. The molecule has 24 heavy (non-hydrogen) atoms. The predicted octanol–water partition coefficient (Wildman–Crippen LogP) is 2.79. The number of urea groups is 1. The second kappa shape index (κ2) is 8.38. The molecule has 2 atom stereocenters. The molecule has 2 rings (SSSR count). The zero-order valence-electron chi connectivity index (χ0n) is 15.3. The summed E-state index contributed by atoms with van der Waals surface area (Å²) < 4.78 is 5.86. The molecule has 5 heteroatoms. The molecule has 1 aromatic rings. The maximum Gasteiger partial charge on any atom is 0.317 e. The van der Waals surface area contributed by atoms with Crippen molar-refractivity contribution in [1.29, 1.82) is 0 Å². The summed E-state index contributed by atoms with van der Waals surface area (Å²) in [6, 6.07) is 4.17. The number of carbonyl (C=O) groups excluding carboxylic acids is 1. The van der Waals surface area contributed by atoms with Crippen molar-refractivity contribution < 1.29 is 14.6 Å². The first kappa shape index (κ1) is 18.6. The van der Waals surface area contributed by atoms with Gasteiger partial charge < -0.3 is 20.1 Å². The van der Waals surface area contributed by atoms with Gasteiger partial charge in [0.2, 0.25) is 0 Å². The van der Waals surface area contributed by atoms with Crippen LogP contribution in [0.3, 0.4) is 0 Å². The Morgan fingerprint density at radius 1 is 1.42 bits per heavy atom. The Morgan fingerprint density at radius 2 is 2.17 bits per heavy atom. The van der Waals surface area contributed by atoms with Gasteiger partial charge >= 0.3 is 6.03 Å². The molecule has 2 amide bonds. The average Bonchev–Trinajstić information content (AvgIpc) is 3.01. The van der Waals surface area contributed by atoms with E-state index >= 15 is 0 Å². The standard InChI is InChI=1S/C19H30N2O3/c1-13-10-14(2)15(3)18(11-13)24-9-5-7-20-19(23)21-8-6-17(12-21)16(4)22/h10-11,16-17,22H,5-9,12H2,1-4H3,(H,20,23)/t16-,17-/m1/s1. The molecule has 1 fully saturated rings. The van der Waals surface area contributed by atoms with Crippen LogP contribution in [0.25, 0.3) is 0 Å². The summed E-state index contributed by atoms with van der Waals surface area (Å²) in [7, 11) is 0. The van der Waals surface area contributed by atoms with E-state index < -0.39 is 0 Å². The summed E-state index contributed by atoms with van der Waals surface area (Å²) in [6.45, 7) is 10.6. The molecule has 0 aliphatic carbocycles. The van der Waals surface area contributed by atoms with Crippen molar-refractivity contribution in [2.75, 3.05) is 26.2 Å². The first-order valence-corrected chi connectivity index (χ1v) is 8.80. The predicted molar refractivity (Wildman–Crippen MR) is 95.5 cm³/mol. The van der Waals surface area contributed by atoms with Gasteiger partial charge in [-0.3, -0.25) is 0 Å². The monoisotopic (exact) mass is 334 g/mol. The zero-order chi connectivity index (χ0) is 17.7. The summed E-state index contributed by atoms with van der Waals surface area (Å²) in [5, 5.41) is 12.5. The highest BCUT2D eigenvalue weighted by atomic mass is 16.5. The highest BCUT2D eigenvalue weighted by molar-refractivity contribution is 5.74. The number of likely N-dealkylation sites (tertiary alicyclic amines) is 1. The quantitative estimate of drug-likeness (QED) is 0.787. The molecule has 1 heterocycles. The third kappa shape index (κ3) is 4.87. The summed E-state index contributed by atoms with van der Waals surface area (Å²) >= 11 is 0. The number of aliphatic hydroxyl groups excluding tert-OH is 1. The van der Waals surface area contributed by atoms with Crippen molar-refractivity contribution in [3.05, 3.63) is 28.8 Å². The van der Waals surface area contributed by atoms with Crippen LogP contribution in [0.5, 0.6) is 5.75 Å². The van der Waals surface area contributed by atoms with Crippen LogP contribution >= 0.6 is 0 Å². The van der Waals surface area contributed by atoms with Crippen molar-refractivity contribution in [2.45, 2.75) is 46.6 Å².